The van der Waals surface area contributed by atoms with E-state index in [1.54, 1.807) is 56.6 Å². The van der Waals surface area contributed by atoms with Gasteiger partial charge in [0.05, 0.1) is 20.1 Å². The van der Waals surface area contributed by atoms with Crippen molar-refractivity contribution in [3.05, 3.63) is 58.6 Å². The van der Waals surface area contributed by atoms with Crippen molar-refractivity contribution in [2.45, 2.75) is 12.3 Å². The molecule has 2 aromatic carbocycles. The van der Waals surface area contributed by atoms with Crippen molar-refractivity contribution < 1.29 is 23.8 Å². The number of hydrogen-bond donors (Lipinski definition) is 1. The molecule has 172 valence electrons. The fraction of sp³-hybridized carbons (Fsp3) is 0.417. The summed E-state index contributed by atoms with van der Waals surface area (Å²) in [4.78, 5) is 28.0. The smallest absolute Gasteiger partial charge is 0.253 e. The van der Waals surface area contributed by atoms with Crippen LogP contribution in [0.3, 0.4) is 0 Å². The second-order valence-electron chi connectivity index (χ2n) is 7.68. The predicted molar refractivity (Wildman–Crippen MR) is 123 cm³/mol. The molecule has 0 radical (unpaired) electrons. The van der Waals surface area contributed by atoms with Crippen molar-refractivity contribution in [3.8, 4) is 11.5 Å². The molecule has 2 aromatic rings. The van der Waals surface area contributed by atoms with Crippen molar-refractivity contribution in [2.75, 3.05) is 47.6 Å². The first-order valence-corrected chi connectivity index (χ1v) is 10.9. The molecule has 1 aliphatic rings. The minimum atomic E-state index is -0.414. The quantitative estimate of drug-likeness (QED) is 0.580. The number of likely N-dealkylation sites (tertiary alicyclic amines) is 1. The van der Waals surface area contributed by atoms with Gasteiger partial charge in [-0.25, -0.2) is 0 Å². The van der Waals surface area contributed by atoms with Crippen LogP contribution in [0.1, 0.15) is 28.3 Å². The summed E-state index contributed by atoms with van der Waals surface area (Å²) in [5, 5.41) is 3.48. The Hall–Kier alpha value is -2.77. The molecule has 2 atom stereocenters. The van der Waals surface area contributed by atoms with Crippen LogP contribution in [0.5, 0.6) is 11.5 Å². The Morgan fingerprint density at radius 3 is 2.59 bits per heavy atom. The number of hydrogen-bond acceptors (Lipinski definition) is 5. The predicted octanol–water partition coefficient (Wildman–Crippen LogP) is 3.37. The molecule has 0 saturated carbocycles. The molecule has 1 aliphatic heterocycles. The van der Waals surface area contributed by atoms with Gasteiger partial charge in [-0.05, 0) is 30.7 Å². The minimum Gasteiger partial charge on any atom is -0.497 e. The molecule has 0 unspecified atom stereocenters. The fourth-order valence-electron chi connectivity index (χ4n) is 4.04. The molecule has 1 fully saturated rings. The van der Waals surface area contributed by atoms with E-state index in [-0.39, 0.29) is 17.7 Å². The largest absolute Gasteiger partial charge is 0.497 e. The van der Waals surface area contributed by atoms with Crippen molar-refractivity contribution in [1.82, 2.24) is 10.2 Å². The number of rotatable bonds is 9. The maximum atomic E-state index is 13.2. The summed E-state index contributed by atoms with van der Waals surface area (Å²) >= 11 is 6.08. The van der Waals surface area contributed by atoms with E-state index in [9.17, 15) is 9.59 Å². The summed E-state index contributed by atoms with van der Waals surface area (Å²) in [6.45, 7) is 1.78. The molecule has 7 nitrogen and oxygen atoms in total. The lowest BCUT2D eigenvalue weighted by molar-refractivity contribution is -0.124. The average molecular weight is 461 g/mol. The van der Waals surface area contributed by atoms with E-state index in [2.05, 4.69) is 5.32 Å². The molecule has 3 rings (SSSR count). The summed E-state index contributed by atoms with van der Waals surface area (Å²) in [5.74, 6) is 0.411. The summed E-state index contributed by atoms with van der Waals surface area (Å²) in [6, 6.07) is 12.4. The second-order valence-corrected chi connectivity index (χ2v) is 8.12. The van der Waals surface area contributed by atoms with Gasteiger partial charge in [-0.1, -0.05) is 23.7 Å². The van der Waals surface area contributed by atoms with Crippen molar-refractivity contribution in [2.24, 2.45) is 5.92 Å². The Labute approximate surface area is 193 Å². The highest BCUT2D eigenvalue weighted by Crippen LogP contribution is 2.39. The molecule has 0 spiro atoms. The van der Waals surface area contributed by atoms with Crippen molar-refractivity contribution in [1.29, 1.82) is 0 Å². The highest BCUT2D eigenvalue weighted by atomic mass is 35.5. The first-order valence-electron chi connectivity index (χ1n) is 10.5. The van der Waals surface area contributed by atoms with E-state index in [4.69, 9.17) is 25.8 Å². The van der Waals surface area contributed by atoms with Gasteiger partial charge in [0.25, 0.3) is 5.91 Å². The molecule has 32 heavy (non-hydrogen) atoms. The molecule has 0 aliphatic carbocycles. The third kappa shape index (κ3) is 5.53. The molecular formula is C24H29ClN2O5. The summed E-state index contributed by atoms with van der Waals surface area (Å²) in [5.41, 5.74) is 1.37. The highest BCUT2D eigenvalue weighted by Gasteiger charge is 2.41. The topological polar surface area (TPSA) is 77.1 Å². The first-order chi connectivity index (χ1) is 15.5. The van der Waals surface area contributed by atoms with E-state index in [0.717, 1.165) is 12.0 Å². The van der Waals surface area contributed by atoms with Crippen LogP contribution in [0.15, 0.2) is 42.5 Å². The number of ether oxygens (including phenoxy) is 3. The third-order valence-corrected chi connectivity index (χ3v) is 5.92. The number of methoxy groups -OCH3 is 3. The Kier molecular flexibility index (Phi) is 8.36. The lowest BCUT2D eigenvalue weighted by Crippen LogP contribution is -2.36. The van der Waals surface area contributed by atoms with Gasteiger partial charge in [-0.15, -0.1) is 0 Å². The summed E-state index contributed by atoms with van der Waals surface area (Å²) in [6.07, 6.45) is 0.719. The zero-order chi connectivity index (χ0) is 23.1. The van der Waals surface area contributed by atoms with Gasteiger partial charge in [-0.2, -0.15) is 0 Å². The van der Waals surface area contributed by atoms with Gasteiger partial charge >= 0.3 is 0 Å². The van der Waals surface area contributed by atoms with Crippen LogP contribution in [-0.2, 0) is 9.53 Å². The van der Waals surface area contributed by atoms with Gasteiger partial charge in [0.2, 0.25) is 5.91 Å². The van der Waals surface area contributed by atoms with Crippen LogP contribution in [0.4, 0.5) is 0 Å². The fourth-order valence-corrected chi connectivity index (χ4v) is 4.23. The Bertz CT molecular complexity index is 952. The first kappa shape index (κ1) is 23.9. The lowest BCUT2D eigenvalue weighted by Gasteiger charge is -2.21. The molecule has 1 N–H and O–H groups in total. The van der Waals surface area contributed by atoms with Crippen molar-refractivity contribution >= 4 is 23.4 Å². The maximum absolute atomic E-state index is 13.2. The van der Waals surface area contributed by atoms with Crippen LogP contribution in [0.2, 0.25) is 5.02 Å². The zero-order valence-electron chi connectivity index (χ0n) is 18.6. The van der Waals surface area contributed by atoms with Gasteiger partial charge < -0.3 is 24.4 Å². The van der Waals surface area contributed by atoms with Gasteiger partial charge in [0.15, 0.2) is 0 Å². The minimum absolute atomic E-state index is 0.0923. The number of halogens is 1. The average Bonchev–Trinajstić information content (AvgIpc) is 3.26. The lowest BCUT2D eigenvalue weighted by atomic mass is 9.87. The Morgan fingerprint density at radius 1 is 1.09 bits per heavy atom. The van der Waals surface area contributed by atoms with Gasteiger partial charge in [-0.3, -0.25) is 9.59 Å². The molecule has 0 aromatic heterocycles. The number of nitrogens with zero attached hydrogens (tertiary/aromatic N) is 1. The molecule has 0 bridgehead atoms. The van der Waals surface area contributed by atoms with E-state index < -0.39 is 5.92 Å². The molecule has 8 heteroatoms. The Balaban J connectivity index is 1.87. The van der Waals surface area contributed by atoms with Crippen molar-refractivity contribution in [3.63, 3.8) is 0 Å². The second kappa shape index (κ2) is 11.2. The molecule has 2 amide bonds. The van der Waals surface area contributed by atoms with Gasteiger partial charge in [0, 0.05) is 61.5 Å². The highest BCUT2D eigenvalue weighted by molar-refractivity contribution is 6.30. The van der Waals surface area contributed by atoms with Gasteiger partial charge in [0.1, 0.15) is 11.5 Å². The number of amides is 2. The zero-order valence-corrected chi connectivity index (χ0v) is 19.4. The monoisotopic (exact) mass is 460 g/mol. The number of nitrogens with one attached hydrogen (secondary N) is 1. The van der Waals surface area contributed by atoms with E-state index in [1.807, 2.05) is 12.1 Å². The van der Waals surface area contributed by atoms with Crippen LogP contribution in [0.25, 0.3) is 0 Å². The normalized spacial score (nSPS) is 17.8. The van der Waals surface area contributed by atoms with Crippen LogP contribution in [-0.4, -0.2) is 64.3 Å². The molecular weight excluding hydrogens is 432 g/mol. The van der Waals surface area contributed by atoms with E-state index in [0.29, 0.717) is 48.3 Å². The van der Waals surface area contributed by atoms with Crippen LogP contribution >= 0.6 is 11.6 Å². The Morgan fingerprint density at radius 2 is 1.91 bits per heavy atom. The number of carbonyl (C=O) groups is 2. The summed E-state index contributed by atoms with van der Waals surface area (Å²) in [7, 11) is 4.80. The number of benzene rings is 2. The SMILES string of the molecule is COCCCNC(=O)[C@H]1CN(C(=O)c2cccc(Cl)c2)C[C@@H]1c1ccc(OC)cc1OC. The standard InChI is InChI=1S/C24H29ClN2O5/c1-30-11-5-10-26-23(28)21-15-27(24(29)16-6-4-7-17(25)12-16)14-20(21)19-9-8-18(31-2)13-22(19)32-3/h4,6-9,12-13,20-21H,5,10-11,14-15H2,1-3H3,(H,26,28)/t20-,21+/m1/s1. The van der Waals surface area contributed by atoms with Crippen LogP contribution < -0.4 is 14.8 Å². The van der Waals surface area contributed by atoms with E-state index >= 15 is 0 Å². The van der Waals surface area contributed by atoms with E-state index in [1.165, 1.54) is 0 Å². The maximum Gasteiger partial charge on any atom is 0.253 e. The number of carbonyl (C=O) groups excluding carboxylic acids is 2. The summed E-state index contributed by atoms with van der Waals surface area (Å²) < 4.78 is 15.9. The third-order valence-electron chi connectivity index (χ3n) is 5.68. The molecule has 1 heterocycles. The van der Waals surface area contributed by atoms with Crippen LogP contribution in [0, 0.1) is 5.92 Å². The molecule has 1 saturated heterocycles.